The maximum Gasteiger partial charge on any atom is 0.303 e. The summed E-state index contributed by atoms with van der Waals surface area (Å²) in [5.74, 6) is -1.40. The molecule has 12 heteroatoms. The minimum Gasteiger partial charge on any atom is -0.463 e. The third kappa shape index (κ3) is 4.22. The summed E-state index contributed by atoms with van der Waals surface area (Å²) in [5.41, 5.74) is 6.54. The number of anilines is 1. The van der Waals surface area contributed by atoms with Crippen LogP contribution in [0.2, 0.25) is 0 Å². The number of aromatic nitrogens is 4. The Morgan fingerprint density at radius 1 is 1.17 bits per heavy atom. The number of carbonyl (C=O) groups excluding carboxylic acids is 3. The zero-order valence-corrected chi connectivity index (χ0v) is 16.6. The first-order valence-corrected chi connectivity index (χ1v) is 8.97. The Bertz CT molecular complexity index is 1000. The number of carbonyl (C=O) groups is 3. The van der Waals surface area contributed by atoms with Gasteiger partial charge in [0.2, 0.25) is 0 Å². The zero-order valence-electron chi connectivity index (χ0n) is 16.6. The van der Waals surface area contributed by atoms with Crippen molar-refractivity contribution < 1.29 is 33.3 Å². The van der Waals surface area contributed by atoms with Gasteiger partial charge in [-0.25, -0.2) is 15.0 Å². The SMILES string of the molecule is C=Cc1nc(N)c2ncn([C@@H]3O[C@H](COC(C)=O)[C@@H](OC(C)=O)[C@H]3OC(C)=O)c2n1. The van der Waals surface area contributed by atoms with E-state index in [1.165, 1.54) is 37.7 Å². The molecule has 2 aromatic heterocycles. The topological polar surface area (TPSA) is 158 Å². The van der Waals surface area contributed by atoms with Gasteiger partial charge in [-0.3, -0.25) is 19.0 Å². The van der Waals surface area contributed by atoms with Crippen molar-refractivity contribution in [3.8, 4) is 0 Å². The molecule has 1 aliphatic heterocycles. The van der Waals surface area contributed by atoms with E-state index < -0.39 is 42.4 Å². The minimum absolute atomic E-state index is 0.128. The fourth-order valence-corrected chi connectivity index (χ4v) is 3.15. The third-order valence-electron chi connectivity index (χ3n) is 4.26. The monoisotopic (exact) mass is 419 g/mol. The molecule has 160 valence electrons. The summed E-state index contributed by atoms with van der Waals surface area (Å²) < 4.78 is 23.2. The van der Waals surface area contributed by atoms with Crippen LogP contribution in [0, 0.1) is 0 Å². The molecule has 1 fully saturated rings. The molecule has 0 amide bonds. The van der Waals surface area contributed by atoms with Gasteiger partial charge in [-0.05, 0) is 6.08 Å². The van der Waals surface area contributed by atoms with Crippen LogP contribution in [0.5, 0.6) is 0 Å². The molecule has 4 atom stereocenters. The average Bonchev–Trinajstić information content (AvgIpc) is 3.21. The minimum atomic E-state index is -1.06. The molecule has 1 saturated heterocycles. The predicted molar refractivity (Wildman–Crippen MR) is 101 cm³/mol. The van der Waals surface area contributed by atoms with Crippen LogP contribution in [0.1, 0.15) is 32.8 Å². The molecule has 3 heterocycles. The van der Waals surface area contributed by atoms with E-state index in [1.54, 1.807) is 0 Å². The number of hydrogen-bond acceptors (Lipinski definition) is 11. The third-order valence-corrected chi connectivity index (χ3v) is 4.26. The maximum atomic E-state index is 11.7. The molecule has 0 aromatic carbocycles. The highest BCUT2D eigenvalue weighted by atomic mass is 16.7. The second-order valence-corrected chi connectivity index (χ2v) is 6.51. The van der Waals surface area contributed by atoms with E-state index in [4.69, 9.17) is 24.7 Å². The van der Waals surface area contributed by atoms with E-state index in [-0.39, 0.29) is 18.2 Å². The van der Waals surface area contributed by atoms with Crippen LogP contribution in [0.4, 0.5) is 5.82 Å². The smallest absolute Gasteiger partial charge is 0.303 e. The lowest BCUT2D eigenvalue weighted by Gasteiger charge is -2.23. The van der Waals surface area contributed by atoms with E-state index in [0.29, 0.717) is 11.2 Å². The highest BCUT2D eigenvalue weighted by molar-refractivity contribution is 5.82. The Morgan fingerprint density at radius 3 is 2.43 bits per heavy atom. The van der Waals surface area contributed by atoms with Gasteiger partial charge >= 0.3 is 17.9 Å². The van der Waals surface area contributed by atoms with E-state index in [0.717, 1.165) is 0 Å². The molecule has 0 aliphatic carbocycles. The predicted octanol–water partition coefficient (Wildman–Crippen LogP) is 0.375. The van der Waals surface area contributed by atoms with Crippen molar-refractivity contribution in [3.05, 3.63) is 18.7 Å². The Kier molecular flexibility index (Phi) is 5.96. The zero-order chi connectivity index (χ0) is 22.0. The molecule has 2 N–H and O–H groups in total. The molecular formula is C18H21N5O7. The summed E-state index contributed by atoms with van der Waals surface area (Å²) in [4.78, 5) is 47.3. The van der Waals surface area contributed by atoms with Crippen LogP contribution in [0.25, 0.3) is 17.2 Å². The van der Waals surface area contributed by atoms with Crippen molar-refractivity contribution in [3.63, 3.8) is 0 Å². The maximum absolute atomic E-state index is 11.7. The number of nitrogens with two attached hydrogens (primary N) is 1. The lowest BCUT2D eigenvalue weighted by Crippen LogP contribution is -2.40. The van der Waals surface area contributed by atoms with Crippen LogP contribution in [-0.4, -0.2) is 62.3 Å². The number of fused-ring (bicyclic) bond motifs is 1. The van der Waals surface area contributed by atoms with Crippen LogP contribution < -0.4 is 5.73 Å². The highest BCUT2D eigenvalue weighted by Gasteiger charge is 2.51. The second-order valence-electron chi connectivity index (χ2n) is 6.51. The number of nitrogens with zero attached hydrogens (tertiary/aromatic N) is 4. The lowest BCUT2D eigenvalue weighted by molar-refractivity contribution is -0.166. The molecule has 2 aromatic rings. The number of ether oxygens (including phenoxy) is 4. The van der Waals surface area contributed by atoms with Gasteiger partial charge in [0.1, 0.15) is 18.2 Å². The molecule has 30 heavy (non-hydrogen) atoms. The van der Waals surface area contributed by atoms with Gasteiger partial charge in [0.25, 0.3) is 0 Å². The van der Waals surface area contributed by atoms with Crippen LogP contribution in [0.15, 0.2) is 12.9 Å². The standard InChI is InChI=1S/C18H21N5O7/c1-5-12-21-16(19)13-17(22-12)23(7-20-13)18-15(29-10(4)26)14(28-9(3)25)11(30-18)6-27-8(2)24/h5,7,11,14-15,18H,1,6H2,2-4H3,(H2,19,21,22)/t11-,14-,15-,18-/m1/s1. The largest absolute Gasteiger partial charge is 0.463 e. The van der Waals surface area contributed by atoms with Crippen molar-refractivity contribution >= 4 is 41.0 Å². The van der Waals surface area contributed by atoms with Gasteiger partial charge in [0.15, 0.2) is 35.7 Å². The van der Waals surface area contributed by atoms with Crippen LogP contribution >= 0.6 is 0 Å². The Labute approximate surface area is 171 Å². The van der Waals surface area contributed by atoms with Crippen molar-refractivity contribution in [2.24, 2.45) is 0 Å². The number of hydrogen-bond donors (Lipinski definition) is 1. The van der Waals surface area contributed by atoms with Crippen LogP contribution in [0.3, 0.4) is 0 Å². The first-order valence-electron chi connectivity index (χ1n) is 8.97. The Morgan fingerprint density at radius 2 is 1.83 bits per heavy atom. The molecule has 1 aliphatic rings. The van der Waals surface area contributed by atoms with Crippen molar-refractivity contribution in [1.82, 2.24) is 19.5 Å². The molecule has 0 unspecified atom stereocenters. The summed E-state index contributed by atoms with van der Waals surface area (Å²) in [6.45, 7) is 7.06. The van der Waals surface area contributed by atoms with Crippen molar-refractivity contribution in [2.45, 2.75) is 45.3 Å². The van der Waals surface area contributed by atoms with Gasteiger partial charge in [-0.1, -0.05) is 6.58 Å². The second kappa shape index (κ2) is 8.45. The number of rotatable bonds is 6. The average molecular weight is 419 g/mol. The molecule has 12 nitrogen and oxygen atoms in total. The molecule has 0 radical (unpaired) electrons. The summed E-state index contributed by atoms with van der Waals surface area (Å²) in [5, 5.41) is 0. The first-order chi connectivity index (χ1) is 14.2. The molecule has 0 bridgehead atoms. The fourth-order valence-electron chi connectivity index (χ4n) is 3.15. The normalized spacial score (nSPS) is 23.2. The Balaban J connectivity index is 2.06. The van der Waals surface area contributed by atoms with Crippen molar-refractivity contribution in [1.29, 1.82) is 0 Å². The fraction of sp³-hybridized carbons (Fsp3) is 0.444. The van der Waals surface area contributed by atoms with E-state index in [1.807, 2.05) is 0 Å². The Hall–Kier alpha value is -3.54. The van der Waals surface area contributed by atoms with E-state index in [2.05, 4.69) is 21.5 Å². The summed E-state index contributed by atoms with van der Waals surface area (Å²) in [7, 11) is 0. The number of imidazole rings is 1. The van der Waals surface area contributed by atoms with Crippen LogP contribution in [-0.2, 0) is 33.3 Å². The molecule has 0 spiro atoms. The van der Waals surface area contributed by atoms with Crippen molar-refractivity contribution in [2.75, 3.05) is 12.3 Å². The van der Waals surface area contributed by atoms with Gasteiger partial charge in [-0.2, -0.15) is 0 Å². The first kappa shape index (κ1) is 21.2. The summed E-state index contributed by atoms with van der Waals surface area (Å²) in [6.07, 6.45) is -1.18. The number of nitrogen functional groups attached to an aromatic ring is 1. The highest BCUT2D eigenvalue weighted by Crippen LogP contribution is 2.36. The number of esters is 3. The van der Waals surface area contributed by atoms with E-state index >= 15 is 0 Å². The van der Waals surface area contributed by atoms with Gasteiger partial charge in [-0.15, -0.1) is 0 Å². The van der Waals surface area contributed by atoms with Gasteiger partial charge in [0, 0.05) is 20.8 Å². The summed E-state index contributed by atoms with van der Waals surface area (Å²) >= 11 is 0. The van der Waals surface area contributed by atoms with Gasteiger partial charge < -0.3 is 24.7 Å². The van der Waals surface area contributed by atoms with Gasteiger partial charge in [0.05, 0.1) is 6.33 Å². The molecule has 3 rings (SSSR count). The van der Waals surface area contributed by atoms with E-state index in [9.17, 15) is 14.4 Å². The summed E-state index contributed by atoms with van der Waals surface area (Å²) in [6, 6.07) is 0. The molecular weight excluding hydrogens is 398 g/mol. The molecule has 0 saturated carbocycles. The lowest BCUT2D eigenvalue weighted by atomic mass is 10.1. The quantitative estimate of drug-likeness (QED) is 0.509.